The van der Waals surface area contributed by atoms with Gasteiger partial charge in [0.15, 0.2) is 0 Å². The summed E-state index contributed by atoms with van der Waals surface area (Å²) in [5, 5.41) is 16.9. The van der Waals surface area contributed by atoms with Gasteiger partial charge in [0.25, 0.3) is 0 Å². The Morgan fingerprint density at radius 1 is 1.23 bits per heavy atom. The molecule has 0 aromatic rings. The standard InChI is InChI=1S/C8H12O5/c1-3-5(4(2)7(10)11)6(9)8(12)13/h4-5H,3H2,1-2H3,(H,10,11)(H,12,13). The van der Waals surface area contributed by atoms with Crippen molar-refractivity contribution in [1.29, 1.82) is 0 Å². The normalized spacial score (nSPS) is 14.6. The van der Waals surface area contributed by atoms with Gasteiger partial charge in [-0.15, -0.1) is 0 Å². The molecule has 74 valence electrons. The average molecular weight is 188 g/mol. The molecule has 2 N–H and O–H groups in total. The van der Waals surface area contributed by atoms with Crippen molar-refractivity contribution in [1.82, 2.24) is 0 Å². The lowest BCUT2D eigenvalue weighted by atomic mass is 9.88. The molecule has 0 rings (SSSR count). The largest absolute Gasteiger partial charge is 0.481 e. The third kappa shape index (κ3) is 2.85. The van der Waals surface area contributed by atoms with Crippen LogP contribution in [-0.2, 0) is 14.4 Å². The Kier molecular flexibility index (Phi) is 4.10. The number of hydrogen-bond donors (Lipinski definition) is 2. The predicted octanol–water partition coefficient (Wildman–Crippen LogP) is 0.387. The van der Waals surface area contributed by atoms with E-state index in [9.17, 15) is 14.4 Å². The lowest BCUT2D eigenvalue weighted by molar-refractivity contribution is -0.154. The Bertz CT molecular complexity index is 233. The Morgan fingerprint density at radius 3 is 1.92 bits per heavy atom. The van der Waals surface area contributed by atoms with Crippen molar-refractivity contribution in [2.75, 3.05) is 0 Å². The summed E-state index contributed by atoms with van der Waals surface area (Å²) >= 11 is 0. The molecule has 0 aromatic carbocycles. The SMILES string of the molecule is CCC(C(=O)C(=O)O)C(C)C(=O)O. The quantitative estimate of drug-likeness (QED) is 0.609. The topological polar surface area (TPSA) is 91.7 Å². The summed E-state index contributed by atoms with van der Waals surface area (Å²) in [6, 6.07) is 0. The smallest absolute Gasteiger partial charge is 0.372 e. The van der Waals surface area contributed by atoms with Gasteiger partial charge in [-0.25, -0.2) is 4.79 Å². The Balaban J connectivity index is 4.60. The molecule has 0 saturated heterocycles. The molecule has 0 spiro atoms. The number of ketones is 1. The number of carboxylic acids is 2. The molecule has 0 saturated carbocycles. The Morgan fingerprint density at radius 2 is 1.69 bits per heavy atom. The third-order valence-corrected chi connectivity index (χ3v) is 1.98. The maximum atomic E-state index is 11.0. The lowest BCUT2D eigenvalue weighted by Gasteiger charge is -2.14. The van der Waals surface area contributed by atoms with Crippen molar-refractivity contribution in [2.45, 2.75) is 20.3 Å². The number of aliphatic carboxylic acids is 2. The molecular weight excluding hydrogens is 176 g/mol. The zero-order chi connectivity index (χ0) is 10.6. The van der Waals surface area contributed by atoms with Gasteiger partial charge in [-0.05, 0) is 6.42 Å². The van der Waals surface area contributed by atoms with Crippen LogP contribution >= 0.6 is 0 Å². The van der Waals surface area contributed by atoms with Gasteiger partial charge < -0.3 is 10.2 Å². The van der Waals surface area contributed by atoms with Crippen molar-refractivity contribution in [3.63, 3.8) is 0 Å². The van der Waals surface area contributed by atoms with Crippen LogP contribution in [-0.4, -0.2) is 27.9 Å². The van der Waals surface area contributed by atoms with Gasteiger partial charge in [0.05, 0.1) is 5.92 Å². The number of carboxylic acid groups (broad SMARTS) is 2. The van der Waals surface area contributed by atoms with E-state index in [4.69, 9.17) is 10.2 Å². The van der Waals surface area contributed by atoms with Crippen LogP contribution in [0.2, 0.25) is 0 Å². The maximum absolute atomic E-state index is 11.0. The van der Waals surface area contributed by atoms with Crippen LogP contribution in [0.25, 0.3) is 0 Å². The maximum Gasteiger partial charge on any atom is 0.372 e. The van der Waals surface area contributed by atoms with E-state index in [0.29, 0.717) is 0 Å². The minimum Gasteiger partial charge on any atom is -0.481 e. The van der Waals surface area contributed by atoms with E-state index in [1.807, 2.05) is 0 Å². The van der Waals surface area contributed by atoms with Gasteiger partial charge in [0.2, 0.25) is 5.78 Å². The molecule has 0 aliphatic carbocycles. The molecule has 0 aromatic heterocycles. The summed E-state index contributed by atoms with van der Waals surface area (Å²) in [5.41, 5.74) is 0. The van der Waals surface area contributed by atoms with E-state index < -0.39 is 29.6 Å². The molecule has 2 atom stereocenters. The van der Waals surface area contributed by atoms with Crippen LogP contribution in [0.1, 0.15) is 20.3 Å². The number of Topliss-reactive ketones (excluding diaryl/α,β-unsaturated/α-hetero) is 1. The van der Waals surface area contributed by atoms with Crippen LogP contribution in [0.3, 0.4) is 0 Å². The van der Waals surface area contributed by atoms with Crippen LogP contribution < -0.4 is 0 Å². The predicted molar refractivity (Wildman–Crippen MR) is 43.2 cm³/mol. The van der Waals surface area contributed by atoms with Gasteiger partial charge in [0, 0.05) is 5.92 Å². The second-order valence-corrected chi connectivity index (χ2v) is 2.81. The van der Waals surface area contributed by atoms with Gasteiger partial charge in [-0.3, -0.25) is 9.59 Å². The highest BCUT2D eigenvalue weighted by Crippen LogP contribution is 2.16. The highest BCUT2D eigenvalue weighted by Gasteiger charge is 2.32. The lowest BCUT2D eigenvalue weighted by Crippen LogP contribution is -2.31. The van der Waals surface area contributed by atoms with Gasteiger partial charge >= 0.3 is 11.9 Å². The minimum absolute atomic E-state index is 0.221. The van der Waals surface area contributed by atoms with Gasteiger partial charge in [-0.2, -0.15) is 0 Å². The summed E-state index contributed by atoms with van der Waals surface area (Å²) in [6.07, 6.45) is 0.221. The van der Waals surface area contributed by atoms with Crippen molar-refractivity contribution >= 4 is 17.7 Å². The Hall–Kier alpha value is -1.39. The molecule has 0 aliphatic rings. The summed E-state index contributed by atoms with van der Waals surface area (Å²) in [6.45, 7) is 2.92. The van der Waals surface area contributed by atoms with Gasteiger partial charge in [0.1, 0.15) is 0 Å². The highest BCUT2D eigenvalue weighted by atomic mass is 16.4. The molecule has 5 heteroatoms. The van der Waals surface area contributed by atoms with Crippen molar-refractivity contribution in [3.8, 4) is 0 Å². The van der Waals surface area contributed by atoms with E-state index in [-0.39, 0.29) is 6.42 Å². The first kappa shape index (κ1) is 11.6. The first-order valence-corrected chi connectivity index (χ1v) is 3.91. The highest BCUT2D eigenvalue weighted by molar-refractivity contribution is 6.33. The van der Waals surface area contributed by atoms with Crippen LogP contribution in [0.5, 0.6) is 0 Å². The van der Waals surface area contributed by atoms with Crippen LogP contribution in [0, 0.1) is 11.8 Å². The minimum atomic E-state index is -1.57. The van der Waals surface area contributed by atoms with E-state index >= 15 is 0 Å². The fourth-order valence-corrected chi connectivity index (χ4v) is 1.10. The molecule has 0 fully saturated rings. The first-order valence-electron chi connectivity index (χ1n) is 3.91. The van der Waals surface area contributed by atoms with E-state index in [0.717, 1.165) is 0 Å². The molecule has 0 radical (unpaired) electrons. The third-order valence-electron chi connectivity index (χ3n) is 1.98. The number of hydrogen-bond acceptors (Lipinski definition) is 3. The number of carbonyl (C=O) groups excluding carboxylic acids is 1. The van der Waals surface area contributed by atoms with Crippen molar-refractivity contribution in [3.05, 3.63) is 0 Å². The summed E-state index contributed by atoms with van der Waals surface area (Å²) in [5.74, 6) is -5.64. The van der Waals surface area contributed by atoms with Crippen LogP contribution in [0.15, 0.2) is 0 Å². The summed E-state index contributed by atoms with van der Waals surface area (Å²) in [4.78, 5) is 31.7. The molecule has 0 bridgehead atoms. The molecule has 13 heavy (non-hydrogen) atoms. The van der Waals surface area contributed by atoms with Crippen LogP contribution in [0.4, 0.5) is 0 Å². The molecule has 2 unspecified atom stereocenters. The van der Waals surface area contributed by atoms with Gasteiger partial charge in [-0.1, -0.05) is 13.8 Å². The molecule has 5 nitrogen and oxygen atoms in total. The first-order chi connectivity index (χ1) is 5.91. The molecule has 0 aliphatic heterocycles. The summed E-state index contributed by atoms with van der Waals surface area (Å²) < 4.78 is 0. The Labute approximate surface area is 75.4 Å². The second-order valence-electron chi connectivity index (χ2n) is 2.81. The molecular formula is C8H12O5. The van der Waals surface area contributed by atoms with E-state index in [1.54, 1.807) is 6.92 Å². The molecule has 0 amide bonds. The zero-order valence-corrected chi connectivity index (χ0v) is 7.48. The van der Waals surface area contributed by atoms with Crippen molar-refractivity contribution < 1.29 is 24.6 Å². The van der Waals surface area contributed by atoms with E-state index in [1.165, 1.54) is 6.92 Å². The summed E-state index contributed by atoms with van der Waals surface area (Å²) in [7, 11) is 0. The number of carbonyl (C=O) groups is 3. The average Bonchev–Trinajstić information content (AvgIpc) is 2.04. The van der Waals surface area contributed by atoms with E-state index in [2.05, 4.69) is 0 Å². The fraction of sp³-hybridized carbons (Fsp3) is 0.625. The zero-order valence-electron chi connectivity index (χ0n) is 7.48. The monoisotopic (exact) mass is 188 g/mol. The number of rotatable bonds is 5. The second kappa shape index (κ2) is 4.59. The fourth-order valence-electron chi connectivity index (χ4n) is 1.10. The molecule has 0 heterocycles. The van der Waals surface area contributed by atoms with Crippen molar-refractivity contribution in [2.24, 2.45) is 11.8 Å².